The zero-order valence-corrected chi connectivity index (χ0v) is 7.67. The van der Waals surface area contributed by atoms with Gasteiger partial charge in [0.05, 0.1) is 18.1 Å². The van der Waals surface area contributed by atoms with Crippen molar-refractivity contribution in [2.75, 3.05) is 6.61 Å². The molecule has 0 bridgehead atoms. The minimum Gasteiger partial charge on any atom is -0.465 e. The fourth-order valence-electron chi connectivity index (χ4n) is 1.83. The summed E-state index contributed by atoms with van der Waals surface area (Å²) in [5.74, 6) is -0.223. The van der Waals surface area contributed by atoms with Crippen LogP contribution in [0.4, 0.5) is 0 Å². The molecule has 1 N–H and O–H groups in total. The highest BCUT2D eigenvalue weighted by atomic mass is 16.5. The summed E-state index contributed by atoms with van der Waals surface area (Å²) in [5, 5.41) is 9.50. The summed E-state index contributed by atoms with van der Waals surface area (Å²) in [5.41, 5.74) is -0.602. The first-order chi connectivity index (χ1) is 5.63. The number of aliphatic hydroxyl groups excluding tert-OH is 1. The first-order valence-electron chi connectivity index (χ1n) is 4.49. The van der Waals surface area contributed by atoms with Gasteiger partial charge in [-0.1, -0.05) is 13.3 Å². The van der Waals surface area contributed by atoms with E-state index in [2.05, 4.69) is 0 Å². The van der Waals surface area contributed by atoms with E-state index in [0.717, 1.165) is 12.8 Å². The van der Waals surface area contributed by atoms with Gasteiger partial charge in [0.15, 0.2) is 0 Å². The summed E-state index contributed by atoms with van der Waals surface area (Å²) >= 11 is 0. The smallest absolute Gasteiger partial charge is 0.314 e. The van der Waals surface area contributed by atoms with Crippen LogP contribution in [0.3, 0.4) is 0 Å². The van der Waals surface area contributed by atoms with Crippen LogP contribution in [0, 0.1) is 5.41 Å². The number of carbonyl (C=O) groups is 1. The van der Waals surface area contributed by atoms with Gasteiger partial charge in [-0.05, 0) is 13.3 Å². The van der Waals surface area contributed by atoms with Gasteiger partial charge in [-0.25, -0.2) is 0 Å². The van der Waals surface area contributed by atoms with E-state index in [9.17, 15) is 9.90 Å². The minimum atomic E-state index is -0.602. The Morgan fingerprint density at radius 1 is 1.75 bits per heavy atom. The number of hydrogen-bond acceptors (Lipinski definition) is 3. The number of cyclic esters (lactones) is 1. The van der Waals surface area contributed by atoms with Crippen molar-refractivity contribution >= 4 is 5.97 Å². The van der Waals surface area contributed by atoms with Gasteiger partial charge in [-0.3, -0.25) is 4.79 Å². The highest BCUT2D eigenvalue weighted by Crippen LogP contribution is 2.38. The van der Waals surface area contributed by atoms with E-state index < -0.39 is 11.5 Å². The molecule has 12 heavy (non-hydrogen) atoms. The third kappa shape index (κ3) is 1.33. The molecular formula is C9H16O3. The molecule has 0 spiro atoms. The summed E-state index contributed by atoms with van der Waals surface area (Å²) in [6.07, 6.45) is 1.70. The summed E-state index contributed by atoms with van der Waals surface area (Å²) in [4.78, 5) is 11.3. The van der Waals surface area contributed by atoms with Gasteiger partial charge in [0.1, 0.15) is 0 Å². The number of esters is 1. The first-order valence-corrected chi connectivity index (χ1v) is 4.49. The van der Waals surface area contributed by atoms with Gasteiger partial charge in [0, 0.05) is 6.42 Å². The molecule has 3 heteroatoms. The molecule has 1 fully saturated rings. The number of carbonyl (C=O) groups excluding carboxylic acids is 1. The molecule has 0 aliphatic carbocycles. The SMILES string of the molecule is CCCC1(C(C)O)CCOC1=O. The molecule has 0 aromatic rings. The second kappa shape index (κ2) is 3.44. The molecule has 1 aliphatic heterocycles. The summed E-state index contributed by atoms with van der Waals surface area (Å²) in [6.45, 7) is 4.14. The van der Waals surface area contributed by atoms with Gasteiger partial charge < -0.3 is 9.84 Å². The van der Waals surface area contributed by atoms with E-state index in [-0.39, 0.29) is 5.97 Å². The Labute approximate surface area is 72.7 Å². The number of ether oxygens (including phenoxy) is 1. The van der Waals surface area contributed by atoms with Crippen LogP contribution < -0.4 is 0 Å². The third-order valence-electron chi connectivity index (χ3n) is 2.68. The van der Waals surface area contributed by atoms with Crippen LogP contribution in [0.5, 0.6) is 0 Å². The van der Waals surface area contributed by atoms with Gasteiger partial charge in [0.2, 0.25) is 0 Å². The van der Waals surface area contributed by atoms with Gasteiger partial charge in [0.25, 0.3) is 0 Å². The van der Waals surface area contributed by atoms with E-state index in [1.807, 2.05) is 6.92 Å². The fourth-order valence-corrected chi connectivity index (χ4v) is 1.83. The highest BCUT2D eigenvalue weighted by molar-refractivity contribution is 5.79. The predicted molar refractivity (Wildman–Crippen MR) is 44.6 cm³/mol. The molecule has 0 aromatic heterocycles. The van der Waals surface area contributed by atoms with Gasteiger partial charge in [-0.2, -0.15) is 0 Å². The largest absolute Gasteiger partial charge is 0.465 e. The molecule has 0 amide bonds. The first kappa shape index (κ1) is 9.52. The Bertz CT molecular complexity index is 177. The molecule has 1 rings (SSSR count). The highest BCUT2D eigenvalue weighted by Gasteiger charge is 2.47. The van der Waals surface area contributed by atoms with E-state index in [1.165, 1.54) is 0 Å². The molecule has 2 unspecified atom stereocenters. The van der Waals surface area contributed by atoms with Crippen molar-refractivity contribution in [3.05, 3.63) is 0 Å². The molecule has 2 atom stereocenters. The Balaban J connectivity index is 2.78. The maximum atomic E-state index is 11.3. The van der Waals surface area contributed by atoms with Crippen LogP contribution in [0.15, 0.2) is 0 Å². The second-order valence-corrected chi connectivity index (χ2v) is 3.47. The van der Waals surface area contributed by atoms with E-state index >= 15 is 0 Å². The van der Waals surface area contributed by atoms with Crippen LogP contribution in [-0.2, 0) is 9.53 Å². The predicted octanol–water partition coefficient (Wildman–Crippen LogP) is 1.10. The average Bonchev–Trinajstić information content (AvgIpc) is 2.34. The van der Waals surface area contributed by atoms with Crippen molar-refractivity contribution in [3.8, 4) is 0 Å². The monoisotopic (exact) mass is 172 g/mol. The molecule has 3 nitrogen and oxygen atoms in total. The van der Waals surface area contributed by atoms with E-state index in [1.54, 1.807) is 6.92 Å². The lowest BCUT2D eigenvalue weighted by atomic mass is 9.77. The van der Waals surface area contributed by atoms with Crippen LogP contribution >= 0.6 is 0 Å². The molecular weight excluding hydrogens is 156 g/mol. The lowest BCUT2D eigenvalue weighted by Crippen LogP contribution is -2.37. The standard InChI is InChI=1S/C9H16O3/c1-3-4-9(7(2)10)5-6-12-8(9)11/h7,10H,3-6H2,1-2H3. The normalized spacial score (nSPS) is 31.8. The van der Waals surface area contributed by atoms with Crippen molar-refractivity contribution in [1.82, 2.24) is 0 Å². The Hall–Kier alpha value is -0.570. The zero-order valence-electron chi connectivity index (χ0n) is 7.67. The van der Waals surface area contributed by atoms with Crippen molar-refractivity contribution in [2.45, 2.75) is 39.2 Å². The summed E-state index contributed by atoms with van der Waals surface area (Å²) in [6, 6.07) is 0. The van der Waals surface area contributed by atoms with Crippen LogP contribution in [0.2, 0.25) is 0 Å². The molecule has 0 saturated carbocycles. The van der Waals surface area contributed by atoms with Crippen molar-refractivity contribution < 1.29 is 14.6 Å². The van der Waals surface area contributed by atoms with Crippen LogP contribution in [0.25, 0.3) is 0 Å². The molecule has 1 aliphatic rings. The lowest BCUT2D eigenvalue weighted by molar-refractivity contribution is -0.151. The maximum Gasteiger partial charge on any atom is 0.314 e. The minimum absolute atomic E-state index is 0.223. The fraction of sp³-hybridized carbons (Fsp3) is 0.889. The van der Waals surface area contributed by atoms with Crippen molar-refractivity contribution in [3.63, 3.8) is 0 Å². The van der Waals surface area contributed by atoms with E-state index in [0.29, 0.717) is 13.0 Å². The Kier molecular flexibility index (Phi) is 2.73. The summed E-state index contributed by atoms with van der Waals surface area (Å²) < 4.78 is 4.88. The zero-order chi connectivity index (χ0) is 9.19. The van der Waals surface area contributed by atoms with Crippen LogP contribution in [0.1, 0.15) is 33.1 Å². The number of aliphatic hydroxyl groups is 1. The van der Waals surface area contributed by atoms with Crippen molar-refractivity contribution in [1.29, 1.82) is 0 Å². The Morgan fingerprint density at radius 3 is 2.75 bits per heavy atom. The quantitative estimate of drug-likeness (QED) is 0.648. The molecule has 0 aromatic carbocycles. The van der Waals surface area contributed by atoms with Crippen molar-refractivity contribution in [2.24, 2.45) is 5.41 Å². The molecule has 1 saturated heterocycles. The number of rotatable bonds is 3. The average molecular weight is 172 g/mol. The van der Waals surface area contributed by atoms with E-state index in [4.69, 9.17) is 4.74 Å². The Morgan fingerprint density at radius 2 is 2.42 bits per heavy atom. The number of hydrogen-bond donors (Lipinski definition) is 1. The van der Waals surface area contributed by atoms with Gasteiger partial charge >= 0.3 is 5.97 Å². The van der Waals surface area contributed by atoms with Crippen LogP contribution in [-0.4, -0.2) is 23.8 Å². The topological polar surface area (TPSA) is 46.5 Å². The third-order valence-corrected chi connectivity index (χ3v) is 2.68. The maximum absolute atomic E-state index is 11.3. The van der Waals surface area contributed by atoms with Gasteiger partial charge in [-0.15, -0.1) is 0 Å². The second-order valence-electron chi connectivity index (χ2n) is 3.47. The molecule has 70 valence electrons. The molecule has 1 heterocycles. The molecule has 0 radical (unpaired) electrons. The summed E-state index contributed by atoms with van der Waals surface area (Å²) in [7, 11) is 0. The lowest BCUT2D eigenvalue weighted by Gasteiger charge is -2.26.